The van der Waals surface area contributed by atoms with Gasteiger partial charge in [-0.3, -0.25) is 4.79 Å². The third-order valence-electron chi connectivity index (χ3n) is 1.95. The lowest BCUT2D eigenvalue weighted by molar-refractivity contribution is -0.120. The van der Waals surface area contributed by atoms with E-state index in [1.54, 1.807) is 24.3 Å². The molecular weight excluding hydrogens is 198 g/mol. The second-order valence-corrected chi connectivity index (χ2v) is 4.15. The van der Waals surface area contributed by atoms with Gasteiger partial charge in [-0.25, -0.2) is 4.98 Å². The molecule has 0 bridgehead atoms. The number of aromatic nitrogens is 2. The molecule has 0 aromatic carbocycles. The Morgan fingerprint density at radius 1 is 1.71 bits per heavy atom. The summed E-state index contributed by atoms with van der Waals surface area (Å²) in [5, 5.41) is 2.89. The highest BCUT2D eigenvalue weighted by molar-refractivity contribution is 7.99. The summed E-state index contributed by atoms with van der Waals surface area (Å²) in [6, 6.07) is 0. The van der Waals surface area contributed by atoms with E-state index < -0.39 is 0 Å². The van der Waals surface area contributed by atoms with Crippen LogP contribution >= 0.6 is 11.8 Å². The van der Waals surface area contributed by atoms with Crippen LogP contribution in [-0.2, 0) is 11.3 Å². The number of nitrogens with zero attached hydrogens (tertiary/aromatic N) is 2. The molecule has 1 atom stereocenters. The normalized spacial score (nSPS) is 12.4. The first-order chi connectivity index (χ1) is 6.74. The number of amides is 1. The number of hydrogen-bond acceptors (Lipinski definition) is 3. The summed E-state index contributed by atoms with van der Waals surface area (Å²) in [5.74, 6) is 0.0950. The number of hydrogen-bond donors (Lipinski definition) is 1. The molecule has 1 N–H and O–H groups in total. The first-order valence-corrected chi connectivity index (χ1v) is 5.79. The molecule has 5 heteroatoms. The minimum atomic E-state index is 0.0257. The minimum absolute atomic E-state index is 0.0257. The lowest BCUT2D eigenvalue weighted by atomic mass is 10.4. The van der Waals surface area contributed by atoms with E-state index in [0.717, 1.165) is 6.54 Å². The Bertz CT molecular complexity index is 274. The predicted molar refractivity (Wildman–Crippen MR) is 58.2 cm³/mol. The van der Waals surface area contributed by atoms with Crippen molar-refractivity contribution in [1.29, 1.82) is 0 Å². The van der Waals surface area contributed by atoms with Crippen molar-refractivity contribution in [3.05, 3.63) is 18.7 Å². The zero-order chi connectivity index (χ0) is 10.4. The fourth-order valence-electron chi connectivity index (χ4n) is 0.978. The Morgan fingerprint density at radius 3 is 3.07 bits per heavy atom. The van der Waals surface area contributed by atoms with Crippen LogP contribution in [0.5, 0.6) is 0 Å². The van der Waals surface area contributed by atoms with Gasteiger partial charge in [-0.1, -0.05) is 0 Å². The van der Waals surface area contributed by atoms with E-state index >= 15 is 0 Å². The summed E-state index contributed by atoms with van der Waals surface area (Å²) in [4.78, 5) is 15.3. The minimum Gasteiger partial charge on any atom is -0.353 e. The SMILES string of the molecule is CSC(C)C(=O)NCCn1ccnc1. The van der Waals surface area contributed by atoms with E-state index in [9.17, 15) is 4.79 Å². The van der Waals surface area contributed by atoms with Crippen LogP contribution in [0, 0.1) is 0 Å². The van der Waals surface area contributed by atoms with Crippen LogP contribution in [0.2, 0.25) is 0 Å². The zero-order valence-electron chi connectivity index (χ0n) is 8.43. The molecule has 0 spiro atoms. The summed E-state index contributed by atoms with van der Waals surface area (Å²) in [7, 11) is 0. The summed E-state index contributed by atoms with van der Waals surface area (Å²) < 4.78 is 1.93. The van der Waals surface area contributed by atoms with Gasteiger partial charge in [0.15, 0.2) is 0 Å². The monoisotopic (exact) mass is 213 g/mol. The van der Waals surface area contributed by atoms with Gasteiger partial charge in [0, 0.05) is 25.5 Å². The van der Waals surface area contributed by atoms with Crippen molar-refractivity contribution in [3.63, 3.8) is 0 Å². The third-order valence-corrected chi connectivity index (χ3v) is 2.87. The van der Waals surface area contributed by atoms with Crippen LogP contribution in [-0.4, -0.2) is 33.5 Å². The fraction of sp³-hybridized carbons (Fsp3) is 0.556. The van der Waals surface area contributed by atoms with Gasteiger partial charge in [-0.05, 0) is 13.2 Å². The van der Waals surface area contributed by atoms with Crippen molar-refractivity contribution in [1.82, 2.24) is 14.9 Å². The molecule has 0 saturated carbocycles. The van der Waals surface area contributed by atoms with Gasteiger partial charge in [0.05, 0.1) is 11.6 Å². The van der Waals surface area contributed by atoms with Crippen molar-refractivity contribution >= 4 is 17.7 Å². The summed E-state index contributed by atoms with van der Waals surface area (Å²) in [6.45, 7) is 3.32. The highest BCUT2D eigenvalue weighted by Crippen LogP contribution is 2.03. The molecular formula is C9H15N3OS. The van der Waals surface area contributed by atoms with Crippen molar-refractivity contribution in [2.75, 3.05) is 12.8 Å². The van der Waals surface area contributed by atoms with Crippen molar-refractivity contribution in [2.24, 2.45) is 0 Å². The van der Waals surface area contributed by atoms with Gasteiger partial charge in [0.25, 0.3) is 0 Å². The van der Waals surface area contributed by atoms with Gasteiger partial charge >= 0.3 is 0 Å². The van der Waals surface area contributed by atoms with Crippen molar-refractivity contribution in [2.45, 2.75) is 18.7 Å². The molecule has 0 saturated heterocycles. The van der Waals surface area contributed by atoms with E-state index in [0.29, 0.717) is 6.54 Å². The summed E-state index contributed by atoms with van der Waals surface area (Å²) >= 11 is 1.55. The molecule has 1 amide bonds. The van der Waals surface area contributed by atoms with Crippen LogP contribution in [0.15, 0.2) is 18.7 Å². The van der Waals surface area contributed by atoms with Crippen LogP contribution in [0.1, 0.15) is 6.92 Å². The Morgan fingerprint density at radius 2 is 2.50 bits per heavy atom. The van der Waals surface area contributed by atoms with E-state index in [1.165, 1.54) is 0 Å². The lowest BCUT2D eigenvalue weighted by Crippen LogP contribution is -2.33. The van der Waals surface area contributed by atoms with Crippen LogP contribution < -0.4 is 5.32 Å². The van der Waals surface area contributed by atoms with E-state index in [1.807, 2.05) is 23.9 Å². The van der Waals surface area contributed by atoms with E-state index in [-0.39, 0.29) is 11.2 Å². The molecule has 0 aliphatic carbocycles. The van der Waals surface area contributed by atoms with Gasteiger partial charge in [-0.15, -0.1) is 0 Å². The second kappa shape index (κ2) is 5.70. The van der Waals surface area contributed by atoms with Gasteiger partial charge in [0.1, 0.15) is 0 Å². The zero-order valence-corrected chi connectivity index (χ0v) is 9.25. The molecule has 0 aliphatic heterocycles. The third kappa shape index (κ3) is 3.41. The lowest BCUT2D eigenvalue weighted by Gasteiger charge is -2.09. The van der Waals surface area contributed by atoms with Gasteiger partial charge < -0.3 is 9.88 Å². The summed E-state index contributed by atoms with van der Waals surface area (Å²) in [5.41, 5.74) is 0. The molecule has 0 radical (unpaired) electrons. The van der Waals surface area contributed by atoms with E-state index in [4.69, 9.17) is 0 Å². The smallest absolute Gasteiger partial charge is 0.232 e. The number of carbonyl (C=O) groups is 1. The van der Waals surface area contributed by atoms with Crippen LogP contribution in [0.4, 0.5) is 0 Å². The maximum absolute atomic E-state index is 11.3. The number of imidazole rings is 1. The molecule has 1 aromatic heterocycles. The molecule has 1 aromatic rings. The molecule has 78 valence electrons. The molecule has 0 fully saturated rings. The Balaban J connectivity index is 2.18. The highest BCUT2D eigenvalue weighted by atomic mass is 32.2. The highest BCUT2D eigenvalue weighted by Gasteiger charge is 2.09. The van der Waals surface area contributed by atoms with Crippen molar-refractivity contribution < 1.29 is 4.79 Å². The first-order valence-electron chi connectivity index (χ1n) is 4.50. The summed E-state index contributed by atoms with van der Waals surface area (Å²) in [6.07, 6.45) is 7.28. The average Bonchev–Trinajstić information content (AvgIpc) is 2.69. The maximum atomic E-state index is 11.3. The molecule has 0 aliphatic rings. The van der Waals surface area contributed by atoms with Gasteiger partial charge in [0.2, 0.25) is 5.91 Å². The van der Waals surface area contributed by atoms with Gasteiger partial charge in [-0.2, -0.15) is 11.8 Å². The number of carbonyl (C=O) groups excluding carboxylic acids is 1. The largest absolute Gasteiger partial charge is 0.353 e. The average molecular weight is 213 g/mol. The predicted octanol–water partition coefficient (Wildman–Crippen LogP) is 0.751. The number of thioether (sulfide) groups is 1. The standard InChI is InChI=1S/C9H15N3OS/c1-8(14-2)9(13)11-4-6-12-5-3-10-7-12/h3,5,7-8H,4,6H2,1-2H3,(H,11,13). The second-order valence-electron chi connectivity index (χ2n) is 2.97. The quantitative estimate of drug-likeness (QED) is 0.785. The maximum Gasteiger partial charge on any atom is 0.232 e. The molecule has 14 heavy (non-hydrogen) atoms. The molecule has 1 unspecified atom stereocenters. The number of rotatable bonds is 5. The molecule has 1 rings (SSSR count). The first kappa shape index (κ1) is 11.1. The molecule has 1 heterocycles. The van der Waals surface area contributed by atoms with E-state index in [2.05, 4.69) is 10.3 Å². The number of nitrogens with one attached hydrogen (secondary N) is 1. The topological polar surface area (TPSA) is 46.9 Å². The van der Waals surface area contributed by atoms with Crippen molar-refractivity contribution in [3.8, 4) is 0 Å². The van der Waals surface area contributed by atoms with Crippen LogP contribution in [0.25, 0.3) is 0 Å². The Kier molecular flexibility index (Phi) is 4.52. The Labute approximate surface area is 88.1 Å². The Hall–Kier alpha value is -0.970. The van der Waals surface area contributed by atoms with Crippen LogP contribution in [0.3, 0.4) is 0 Å². The fourth-order valence-corrected chi connectivity index (χ4v) is 1.28. The molecule has 4 nitrogen and oxygen atoms in total.